The molecule has 1 saturated heterocycles. The molecule has 0 aromatic heterocycles. The van der Waals surface area contributed by atoms with Gasteiger partial charge in [0.05, 0.1) is 13.2 Å². The molecule has 0 amide bonds. The largest absolute Gasteiger partial charge is 0.379 e. The molecule has 1 heterocycles. The third kappa shape index (κ3) is 27.0. The van der Waals surface area contributed by atoms with Crippen LogP contribution in [0.25, 0.3) is 0 Å². The third-order valence-electron chi connectivity index (χ3n) is 11.6. The van der Waals surface area contributed by atoms with Gasteiger partial charge in [0, 0.05) is 112 Å². The van der Waals surface area contributed by atoms with Gasteiger partial charge in [-0.05, 0) is 167 Å². The van der Waals surface area contributed by atoms with Crippen molar-refractivity contribution in [2.45, 2.75) is 158 Å². The fourth-order valence-electron chi connectivity index (χ4n) is 4.87. The summed E-state index contributed by atoms with van der Waals surface area (Å²) in [5, 5.41) is 0. The van der Waals surface area contributed by atoms with E-state index in [0.29, 0.717) is 5.54 Å². The minimum Gasteiger partial charge on any atom is -0.379 e. The van der Waals surface area contributed by atoms with Crippen molar-refractivity contribution < 1.29 is 4.74 Å². The predicted octanol–water partition coefficient (Wildman–Crippen LogP) is 6.98. The molecule has 9 nitrogen and oxygen atoms in total. The number of hydrogen-bond donors (Lipinski definition) is 0. The summed E-state index contributed by atoms with van der Waals surface area (Å²) in [6, 6.07) is 0. The third-order valence-corrected chi connectivity index (χ3v) is 11.6. The van der Waals surface area contributed by atoms with Crippen molar-refractivity contribution in [1.29, 1.82) is 0 Å². The summed E-state index contributed by atoms with van der Waals surface area (Å²) < 4.78 is 5.68. The van der Waals surface area contributed by atoms with Gasteiger partial charge in [0.25, 0.3) is 0 Å². The SMILES string of the molecule is CN(CCN(C)C(C)(C)C)CCN(C)C(C)(C)C.CN(CCN1CCN(C(C)(C)C)CC1)C(C)(C)C.CN(CCOCCN(C)C(C)(C)C)C(C)(C)C. The van der Waals surface area contributed by atoms with Gasteiger partial charge in [0.1, 0.15) is 0 Å². The average molecular weight is 757 g/mol. The standard InChI is InChI=1S/C15H33N3.C15H35N3.C14H32N2O/c1-14(2,3)16(7)8-9-17-10-12-18(13-11-17)15(4,5)6;1-14(2,3)17(8)12-10-16(7)11-13-18(9)15(4,5)6;1-13(2,3)15(7)9-11-17-12-10-16(8)14(4,5)6/h8-13H2,1-7H3;10-13H2,1-9H3;9-12H2,1-8H3. The number of rotatable bonds is 15. The summed E-state index contributed by atoms with van der Waals surface area (Å²) in [4.78, 5) is 19.5. The molecule has 9 heteroatoms. The topological polar surface area (TPSA) is 35.2 Å². The Hall–Kier alpha value is -0.360. The summed E-state index contributed by atoms with van der Waals surface area (Å²) >= 11 is 0. The molecule has 1 aliphatic heterocycles. The molecule has 0 bridgehead atoms. The molecule has 322 valence electrons. The molecular weight excluding hydrogens is 657 g/mol. The second-order valence-corrected chi connectivity index (χ2v) is 21.9. The first-order chi connectivity index (χ1) is 23.6. The molecule has 0 saturated carbocycles. The highest BCUT2D eigenvalue weighted by Crippen LogP contribution is 2.17. The van der Waals surface area contributed by atoms with Crippen LogP contribution >= 0.6 is 0 Å². The Morgan fingerprint density at radius 2 is 0.660 bits per heavy atom. The van der Waals surface area contributed by atoms with E-state index in [2.05, 4.69) is 206 Å². The Balaban J connectivity index is 0. The van der Waals surface area contributed by atoms with Crippen LogP contribution in [0.3, 0.4) is 0 Å². The van der Waals surface area contributed by atoms with E-state index in [1.807, 2.05) is 0 Å². The molecule has 53 heavy (non-hydrogen) atoms. The lowest BCUT2D eigenvalue weighted by molar-refractivity contribution is 0.0531. The normalized spacial score (nSPS) is 16.2. The van der Waals surface area contributed by atoms with Crippen LogP contribution in [0.2, 0.25) is 0 Å². The van der Waals surface area contributed by atoms with E-state index in [0.717, 1.165) is 52.5 Å². The second kappa shape index (κ2) is 23.8. The summed E-state index contributed by atoms with van der Waals surface area (Å²) in [6.45, 7) is 56.0. The van der Waals surface area contributed by atoms with Crippen LogP contribution in [0.5, 0.6) is 0 Å². The van der Waals surface area contributed by atoms with Gasteiger partial charge >= 0.3 is 0 Å². The van der Waals surface area contributed by atoms with Crippen molar-refractivity contribution in [2.75, 3.05) is 134 Å². The predicted molar refractivity (Wildman–Crippen MR) is 238 cm³/mol. The van der Waals surface area contributed by atoms with Crippen molar-refractivity contribution in [1.82, 2.24) is 39.2 Å². The molecule has 1 fully saturated rings. The van der Waals surface area contributed by atoms with Crippen LogP contribution in [0.4, 0.5) is 0 Å². The molecular formula is C44H100N8O. The summed E-state index contributed by atoms with van der Waals surface area (Å²) in [5.41, 5.74) is 1.60. The van der Waals surface area contributed by atoms with E-state index < -0.39 is 0 Å². The van der Waals surface area contributed by atoms with E-state index in [1.54, 1.807) is 0 Å². The van der Waals surface area contributed by atoms with Crippen LogP contribution in [-0.4, -0.2) is 206 Å². The zero-order valence-corrected chi connectivity index (χ0v) is 40.9. The van der Waals surface area contributed by atoms with Crippen molar-refractivity contribution in [2.24, 2.45) is 0 Å². The molecule has 0 aromatic rings. The summed E-state index contributed by atoms with van der Waals surface area (Å²) in [6.07, 6.45) is 0. The molecule has 0 atom stereocenters. The number of likely N-dealkylation sites (N-methyl/N-ethyl adjacent to an activating group) is 6. The zero-order chi connectivity index (χ0) is 42.2. The Kier molecular flexibility index (Phi) is 24.6. The number of piperazine rings is 1. The minimum absolute atomic E-state index is 0.228. The monoisotopic (exact) mass is 757 g/mol. The highest BCUT2D eigenvalue weighted by Gasteiger charge is 2.26. The maximum atomic E-state index is 5.68. The fourth-order valence-corrected chi connectivity index (χ4v) is 4.87. The maximum absolute atomic E-state index is 5.68. The van der Waals surface area contributed by atoms with E-state index in [4.69, 9.17) is 4.74 Å². The van der Waals surface area contributed by atoms with Crippen molar-refractivity contribution in [3.63, 3.8) is 0 Å². The van der Waals surface area contributed by atoms with Crippen LogP contribution in [0.15, 0.2) is 0 Å². The lowest BCUT2D eigenvalue weighted by atomic mass is 10.0. The molecule has 0 N–H and O–H groups in total. The van der Waals surface area contributed by atoms with Gasteiger partial charge < -0.3 is 24.3 Å². The van der Waals surface area contributed by atoms with Crippen molar-refractivity contribution in [3.05, 3.63) is 0 Å². The zero-order valence-electron chi connectivity index (χ0n) is 40.9. The first kappa shape index (κ1) is 54.7. The second-order valence-electron chi connectivity index (χ2n) is 21.9. The van der Waals surface area contributed by atoms with Gasteiger partial charge in [-0.1, -0.05) is 0 Å². The van der Waals surface area contributed by atoms with Gasteiger partial charge in [0.2, 0.25) is 0 Å². The minimum atomic E-state index is 0.228. The van der Waals surface area contributed by atoms with Crippen LogP contribution in [0, 0.1) is 0 Å². The van der Waals surface area contributed by atoms with Crippen LogP contribution < -0.4 is 0 Å². The van der Waals surface area contributed by atoms with Crippen LogP contribution in [-0.2, 0) is 4.74 Å². The molecule has 1 rings (SSSR count). The molecule has 0 aliphatic carbocycles. The number of nitrogens with zero attached hydrogens (tertiary/aromatic N) is 8. The average Bonchev–Trinajstić information content (AvgIpc) is 2.98. The number of hydrogen-bond acceptors (Lipinski definition) is 9. The first-order valence-corrected chi connectivity index (χ1v) is 20.9. The lowest BCUT2D eigenvalue weighted by Gasteiger charge is -2.43. The molecule has 1 aliphatic rings. The fraction of sp³-hybridized carbons (Fsp3) is 1.00. The van der Waals surface area contributed by atoms with Gasteiger partial charge in [-0.15, -0.1) is 0 Å². The van der Waals surface area contributed by atoms with Gasteiger partial charge in [-0.25, -0.2) is 0 Å². The quantitative estimate of drug-likeness (QED) is 0.165. The molecule has 0 spiro atoms. The highest BCUT2D eigenvalue weighted by atomic mass is 16.5. The van der Waals surface area contributed by atoms with E-state index >= 15 is 0 Å². The van der Waals surface area contributed by atoms with Gasteiger partial charge in [-0.3, -0.25) is 19.6 Å². The molecule has 0 aromatic carbocycles. The molecule has 0 radical (unpaired) electrons. The van der Waals surface area contributed by atoms with Crippen LogP contribution in [0.1, 0.15) is 125 Å². The van der Waals surface area contributed by atoms with E-state index in [9.17, 15) is 0 Å². The van der Waals surface area contributed by atoms with Gasteiger partial charge in [0.15, 0.2) is 0 Å². The lowest BCUT2D eigenvalue weighted by Crippen LogP contribution is -2.54. The Morgan fingerprint density at radius 1 is 0.377 bits per heavy atom. The number of ether oxygens (including phenoxy) is 1. The molecule has 0 unspecified atom stereocenters. The Bertz CT molecular complexity index is 863. The highest BCUT2D eigenvalue weighted by molar-refractivity contribution is 4.83. The van der Waals surface area contributed by atoms with E-state index in [1.165, 1.54) is 39.3 Å². The Labute approximate surface area is 335 Å². The van der Waals surface area contributed by atoms with Crippen molar-refractivity contribution >= 4 is 0 Å². The Morgan fingerprint density at radius 3 is 0.943 bits per heavy atom. The summed E-state index contributed by atoms with van der Waals surface area (Å²) in [5.74, 6) is 0. The van der Waals surface area contributed by atoms with Crippen molar-refractivity contribution in [3.8, 4) is 0 Å². The van der Waals surface area contributed by atoms with Gasteiger partial charge in [-0.2, -0.15) is 0 Å². The summed E-state index contributed by atoms with van der Waals surface area (Å²) in [7, 11) is 13.1. The smallest absolute Gasteiger partial charge is 0.0594 e. The maximum Gasteiger partial charge on any atom is 0.0594 e. The first-order valence-electron chi connectivity index (χ1n) is 20.9. The van der Waals surface area contributed by atoms with E-state index in [-0.39, 0.29) is 27.7 Å².